The molecule has 0 amide bonds. The van der Waals surface area contributed by atoms with E-state index < -0.39 is 4.92 Å². The molecule has 0 atom stereocenters. The highest BCUT2D eigenvalue weighted by Gasteiger charge is 2.07. The predicted molar refractivity (Wildman–Crippen MR) is 66.3 cm³/mol. The summed E-state index contributed by atoms with van der Waals surface area (Å²) in [5, 5.41) is 18.8. The Bertz CT molecular complexity index is 539. The summed E-state index contributed by atoms with van der Waals surface area (Å²) < 4.78 is 5.35. The van der Waals surface area contributed by atoms with Crippen LogP contribution in [0.4, 0.5) is 5.69 Å². The highest BCUT2D eigenvalue weighted by molar-refractivity contribution is 7.98. The number of nitrogens with zero attached hydrogens (tertiary/aromatic N) is 3. The first-order chi connectivity index (χ1) is 8.69. The average Bonchev–Trinajstić information content (AvgIpc) is 2.85. The van der Waals surface area contributed by atoms with Crippen molar-refractivity contribution in [3.63, 3.8) is 0 Å². The summed E-state index contributed by atoms with van der Waals surface area (Å²) in [5.74, 6) is 1.25. The van der Waals surface area contributed by atoms with Crippen LogP contribution in [0.5, 0.6) is 0 Å². The maximum atomic E-state index is 10.5. The van der Waals surface area contributed by atoms with E-state index in [1.165, 1.54) is 23.9 Å². The number of non-ortho nitro benzene ring substituents is 1. The molecule has 94 valence electrons. The molecule has 18 heavy (non-hydrogen) atoms. The van der Waals surface area contributed by atoms with Gasteiger partial charge in [0.1, 0.15) is 0 Å². The van der Waals surface area contributed by atoms with Gasteiger partial charge in [-0.3, -0.25) is 10.1 Å². The SMILES string of the molecule is CCc1nnc(SCc2ccc([N+](=O)[O-])cc2)o1. The minimum Gasteiger partial charge on any atom is -0.416 e. The zero-order valence-corrected chi connectivity index (χ0v) is 10.5. The number of hydrogen-bond donors (Lipinski definition) is 0. The molecule has 0 radical (unpaired) electrons. The molecule has 0 aliphatic carbocycles. The molecule has 0 aliphatic heterocycles. The zero-order chi connectivity index (χ0) is 13.0. The van der Waals surface area contributed by atoms with Crippen LogP contribution in [0.3, 0.4) is 0 Å². The van der Waals surface area contributed by atoms with Gasteiger partial charge in [-0.15, -0.1) is 10.2 Å². The first-order valence-corrected chi connectivity index (χ1v) is 6.36. The predicted octanol–water partition coefficient (Wildman–Crippen LogP) is 2.83. The Labute approximate surface area is 108 Å². The van der Waals surface area contributed by atoms with Crippen LogP contribution in [-0.2, 0) is 12.2 Å². The Morgan fingerprint density at radius 3 is 2.61 bits per heavy atom. The fourth-order valence-corrected chi connectivity index (χ4v) is 2.03. The van der Waals surface area contributed by atoms with Gasteiger partial charge in [0.25, 0.3) is 10.9 Å². The van der Waals surface area contributed by atoms with Crippen LogP contribution in [0.1, 0.15) is 18.4 Å². The molecular formula is C11H11N3O3S. The number of aromatic nitrogens is 2. The lowest BCUT2D eigenvalue weighted by atomic mass is 10.2. The zero-order valence-electron chi connectivity index (χ0n) is 9.70. The van der Waals surface area contributed by atoms with Crippen molar-refractivity contribution in [2.24, 2.45) is 0 Å². The molecule has 1 aromatic heterocycles. The van der Waals surface area contributed by atoms with E-state index in [0.717, 1.165) is 5.56 Å². The normalized spacial score (nSPS) is 10.5. The van der Waals surface area contributed by atoms with Crippen LogP contribution >= 0.6 is 11.8 Å². The van der Waals surface area contributed by atoms with Gasteiger partial charge in [0.15, 0.2) is 0 Å². The Kier molecular flexibility index (Phi) is 3.93. The topological polar surface area (TPSA) is 82.1 Å². The monoisotopic (exact) mass is 265 g/mol. The summed E-state index contributed by atoms with van der Waals surface area (Å²) in [4.78, 5) is 10.1. The second-order valence-corrected chi connectivity index (χ2v) is 4.45. The Hall–Kier alpha value is -1.89. The fourth-order valence-electron chi connectivity index (χ4n) is 1.30. The molecular weight excluding hydrogens is 254 g/mol. The molecule has 0 N–H and O–H groups in total. The Balaban J connectivity index is 1.95. The summed E-state index contributed by atoms with van der Waals surface area (Å²) in [7, 11) is 0. The van der Waals surface area contributed by atoms with Crippen LogP contribution in [0.25, 0.3) is 0 Å². The van der Waals surface area contributed by atoms with E-state index in [1.54, 1.807) is 12.1 Å². The summed E-state index contributed by atoms with van der Waals surface area (Å²) in [6.07, 6.45) is 0.713. The second kappa shape index (κ2) is 5.63. The van der Waals surface area contributed by atoms with Crippen LogP contribution in [0, 0.1) is 10.1 Å². The summed E-state index contributed by atoms with van der Waals surface area (Å²) in [5.41, 5.74) is 1.07. The lowest BCUT2D eigenvalue weighted by molar-refractivity contribution is -0.384. The lowest BCUT2D eigenvalue weighted by Crippen LogP contribution is -1.88. The molecule has 1 aromatic carbocycles. The number of aryl methyl sites for hydroxylation is 1. The molecule has 0 saturated carbocycles. The van der Waals surface area contributed by atoms with Crippen LogP contribution in [0.15, 0.2) is 33.9 Å². The Morgan fingerprint density at radius 1 is 1.33 bits per heavy atom. The highest BCUT2D eigenvalue weighted by Crippen LogP contribution is 2.22. The van der Waals surface area contributed by atoms with Gasteiger partial charge in [0.05, 0.1) is 4.92 Å². The molecule has 2 aromatic rings. The van der Waals surface area contributed by atoms with Crippen molar-refractivity contribution in [3.05, 3.63) is 45.8 Å². The average molecular weight is 265 g/mol. The number of thioether (sulfide) groups is 1. The van der Waals surface area contributed by atoms with Crippen molar-refractivity contribution in [1.82, 2.24) is 10.2 Å². The summed E-state index contributed by atoms with van der Waals surface area (Å²) in [6, 6.07) is 6.42. The largest absolute Gasteiger partial charge is 0.416 e. The summed E-state index contributed by atoms with van der Waals surface area (Å²) >= 11 is 1.41. The minimum absolute atomic E-state index is 0.0924. The molecule has 0 spiro atoms. The smallest absolute Gasteiger partial charge is 0.276 e. The van der Waals surface area contributed by atoms with Gasteiger partial charge in [-0.1, -0.05) is 30.8 Å². The van der Waals surface area contributed by atoms with Crippen LogP contribution in [-0.4, -0.2) is 15.1 Å². The van der Waals surface area contributed by atoms with E-state index >= 15 is 0 Å². The molecule has 6 nitrogen and oxygen atoms in total. The standard InChI is InChI=1S/C11H11N3O3S/c1-2-10-12-13-11(17-10)18-7-8-3-5-9(6-4-8)14(15)16/h3-6H,2,7H2,1H3. The van der Waals surface area contributed by atoms with E-state index in [1.807, 2.05) is 6.92 Å². The number of hydrogen-bond acceptors (Lipinski definition) is 6. The molecule has 0 aliphatic rings. The van der Waals surface area contributed by atoms with E-state index in [-0.39, 0.29) is 5.69 Å². The molecule has 0 bridgehead atoms. The molecule has 0 saturated heterocycles. The van der Waals surface area contributed by atoms with Crippen molar-refractivity contribution >= 4 is 17.4 Å². The van der Waals surface area contributed by atoms with E-state index in [4.69, 9.17) is 4.42 Å². The first kappa shape index (κ1) is 12.6. The molecule has 7 heteroatoms. The molecule has 2 rings (SSSR count). The van der Waals surface area contributed by atoms with Crippen molar-refractivity contribution in [2.75, 3.05) is 0 Å². The third-order valence-corrected chi connectivity index (χ3v) is 3.15. The van der Waals surface area contributed by atoms with Crippen molar-refractivity contribution in [1.29, 1.82) is 0 Å². The van der Waals surface area contributed by atoms with E-state index in [0.29, 0.717) is 23.3 Å². The number of nitro groups is 1. The van der Waals surface area contributed by atoms with Gasteiger partial charge in [-0.25, -0.2) is 0 Å². The molecule has 0 fully saturated rings. The van der Waals surface area contributed by atoms with Crippen molar-refractivity contribution in [2.45, 2.75) is 24.3 Å². The maximum Gasteiger partial charge on any atom is 0.276 e. The third-order valence-electron chi connectivity index (χ3n) is 2.26. The quantitative estimate of drug-likeness (QED) is 0.469. The van der Waals surface area contributed by atoms with Gasteiger partial charge in [0.2, 0.25) is 5.89 Å². The lowest BCUT2D eigenvalue weighted by Gasteiger charge is -1.97. The van der Waals surface area contributed by atoms with Crippen LogP contribution in [0.2, 0.25) is 0 Å². The Morgan fingerprint density at radius 2 is 2.06 bits per heavy atom. The maximum absolute atomic E-state index is 10.5. The first-order valence-electron chi connectivity index (χ1n) is 5.37. The minimum atomic E-state index is -0.414. The van der Waals surface area contributed by atoms with Crippen molar-refractivity contribution < 1.29 is 9.34 Å². The van der Waals surface area contributed by atoms with E-state index in [2.05, 4.69) is 10.2 Å². The second-order valence-electron chi connectivity index (χ2n) is 3.53. The third kappa shape index (κ3) is 3.07. The molecule has 1 heterocycles. The number of rotatable bonds is 5. The van der Waals surface area contributed by atoms with Crippen molar-refractivity contribution in [3.8, 4) is 0 Å². The number of benzene rings is 1. The van der Waals surface area contributed by atoms with Gasteiger partial charge in [-0.2, -0.15) is 0 Å². The van der Waals surface area contributed by atoms with Gasteiger partial charge in [0, 0.05) is 24.3 Å². The van der Waals surface area contributed by atoms with Gasteiger partial charge < -0.3 is 4.42 Å². The van der Waals surface area contributed by atoms with Gasteiger partial charge >= 0.3 is 0 Å². The van der Waals surface area contributed by atoms with Gasteiger partial charge in [-0.05, 0) is 5.56 Å². The number of nitro benzene ring substituents is 1. The summed E-state index contributed by atoms with van der Waals surface area (Å²) in [6.45, 7) is 1.94. The van der Waals surface area contributed by atoms with Crippen LogP contribution < -0.4 is 0 Å². The fraction of sp³-hybridized carbons (Fsp3) is 0.273. The molecule has 0 unspecified atom stereocenters. The van der Waals surface area contributed by atoms with E-state index in [9.17, 15) is 10.1 Å². The highest BCUT2D eigenvalue weighted by atomic mass is 32.2.